The summed E-state index contributed by atoms with van der Waals surface area (Å²) >= 11 is 0. The summed E-state index contributed by atoms with van der Waals surface area (Å²) in [6.45, 7) is 0. The molecule has 0 unspecified atom stereocenters. The van der Waals surface area contributed by atoms with Crippen molar-refractivity contribution in [3.8, 4) is 11.3 Å². The lowest BCUT2D eigenvalue weighted by molar-refractivity contribution is -0.137. The number of halogens is 4. The number of hydrogen-bond donors (Lipinski definition) is 0. The first-order valence-corrected chi connectivity index (χ1v) is 4.76. The second kappa shape index (κ2) is 4.16. The zero-order valence-electron chi connectivity index (χ0n) is 8.50. The standard InChI is InChI=1S/C12H7F4N/c13-9-4-1-3-8(7-9)11-10(12(14,15)16)5-2-6-17-11/h1-7H. The van der Waals surface area contributed by atoms with Crippen molar-refractivity contribution < 1.29 is 17.6 Å². The van der Waals surface area contributed by atoms with Crippen LogP contribution in [-0.4, -0.2) is 4.98 Å². The quantitative estimate of drug-likeness (QED) is 0.690. The van der Waals surface area contributed by atoms with Gasteiger partial charge in [0.05, 0.1) is 11.3 Å². The summed E-state index contributed by atoms with van der Waals surface area (Å²) < 4.78 is 51.1. The van der Waals surface area contributed by atoms with Crippen LogP contribution in [0.4, 0.5) is 17.6 Å². The van der Waals surface area contributed by atoms with Gasteiger partial charge in [0.2, 0.25) is 0 Å². The summed E-state index contributed by atoms with van der Waals surface area (Å²) in [5.74, 6) is -0.596. The van der Waals surface area contributed by atoms with Crippen molar-refractivity contribution >= 4 is 0 Å². The molecule has 88 valence electrons. The molecule has 0 N–H and O–H groups in total. The van der Waals surface area contributed by atoms with Crippen LogP contribution in [0.1, 0.15) is 5.56 Å². The fourth-order valence-electron chi connectivity index (χ4n) is 1.50. The van der Waals surface area contributed by atoms with E-state index in [0.717, 1.165) is 12.1 Å². The number of nitrogens with zero attached hydrogens (tertiary/aromatic N) is 1. The topological polar surface area (TPSA) is 12.9 Å². The highest BCUT2D eigenvalue weighted by atomic mass is 19.4. The molecule has 2 rings (SSSR count). The lowest BCUT2D eigenvalue weighted by Gasteiger charge is -2.11. The van der Waals surface area contributed by atoms with Crippen LogP contribution in [0, 0.1) is 5.82 Å². The smallest absolute Gasteiger partial charge is 0.256 e. The Bertz CT molecular complexity index is 534. The molecule has 0 aliphatic rings. The van der Waals surface area contributed by atoms with Crippen molar-refractivity contribution in [2.75, 3.05) is 0 Å². The SMILES string of the molecule is Fc1cccc(-c2ncccc2C(F)(F)F)c1. The lowest BCUT2D eigenvalue weighted by atomic mass is 10.1. The minimum absolute atomic E-state index is 0.109. The van der Waals surface area contributed by atoms with Crippen LogP contribution < -0.4 is 0 Å². The number of alkyl halides is 3. The largest absolute Gasteiger partial charge is 0.418 e. The fourth-order valence-corrected chi connectivity index (χ4v) is 1.50. The minimum atomic E-state index is -4.50. The van der Waals surface area contributed by atoms with Crippen molar-refractivity contribution in [1.82, 2.24) is 4.98 Å². The van der Waals surface area contributed by atoms with Gasteiger partial charge in [-0.3, -0.25) is 4.98 Å². The molecule has 1 heterocycles. The van der Waals surface area contributed by atoms with Gasteiger partial charge in [0.1, 0.15) is 5.82 Å². The highest BCUT2D eigenvalue weighted by molar-refractivity contribution is 5.63. The number of aromatic nitrogens is 1. The van der Waals surface area contributed by atoms with Gasteiger partial charge in [-0.05, 0) is 24.3 Å². The maximum absolute atomic E-state index is 13.0. The maximum atomic E-state index is 13.0. The van der Waals surface area contributed by atoms with Crippen LogP contribution in [0.15, 0.2) is 42.6 Å². The van der Waals surface area contributed by atoms with E-state index in [4.69, 9.17) is 0 Å². The van der Waals surface area contributed by atoms with E-state index in [1.807, 2.05) is 0 Å². The van der Waals surface area contributed by atoms with E-state index < -0.39 is 17.6 Å². The number of rotatable bonds is 1. The summed E-state index contributed by atoms with van der Waals surface area (Å²) in [6.07, 6.45) is -3.26. The Kier molecular flexibility index (Phi) is 2.83. The molecular weight excluding hydrogens is 234 g/mol. The fraction of sp³-hybridized carbons (Fsp3) is 0.0833. The summed E-state index contributed by atoms with van der Waals surface area (Å²) in [4.78, 5) is 3.67. The maximum Gasteiger partial charge on any atom is 0.418 e. The first-order chi connectivity index (χ1) is 7.98. The third-order valence-corrected chi connectivity index (χ3v) is 2.21. The second-order valence-corrected chi connectivity index (χ2v) is 3.41. The van der Waals surface area contributed by atoms with E-state index in [2.05, 4.69) is 4.98 Å². The van der Waals surface area contributed by atoms with Gasteiger partial charge in [0.15, 0.2) is 0 Å². The first kappa shape index (κ1) is 11.6. The Hall–Kier alpha value is -1.91. The van der Waals surface area contributed by atoms with Crippen LogP contribution in [0.25, 0.3) is 11.3 Å². The average molecular weight is 241 g/mol. The molecule has 2 aromatic rings. The molecule has 0 spiro atoms. The zero-order valence-corrected chi connectivity index (χ0v) is 8.50. The Balaban J connectivity index is 2.60. The summed E-state index contributed by atoms with van der Waals surface area (Å²) in [6, 6.07) is 7.05. The van der Waals surface area contributed by atoms with Gasteiger partial charge < -0.3 is 0 Å². The molecule has 5 heteroatoms. The molecule has 0 radical (unpaired) electrons. The normalized spacial score (nSPS) is 11.5. The Morgan fingerprint density at radius 1 is 1.00 bits per heavy atom. The molecule has 0 bridgehead atoms. The van der Waals surface area contributed by atoms with Gasteiger partial charge in [-0.1, -0.05) is 12.1 Å². The highest BCUT2D eigenvalue weighted by Gasteiger charge is 2.34. The van der Waals surface area contributed by atoms with E-state index in [1.165, 1.54) is 30.5 Å². The molecule has 1 aromatic heterocycles. The molecule has 17 heavy (non-hydrogen) atoms. The van der Waals surface area contributed by atoms with Crippen molar-refractivity contribution in [3.05, 3.63) is 54.0 Å². The van der Waals surface area contributed by atoms with E-state index in [-0.39, 0.29) is 11.3 Å². The summed E-state index contributed by atoms with van der Waals surface area (Å²) in [7, 11) is 0. The third-order valence-electron chi connectivity index (χ3n) is 2.21. The van der Waals surface area contributed by atoms with Crippen LogP contribution in [-0.2, 0) is 6.18 Å². The van der Waals surface area contributed by atoms with Gasteiger partial charge in [0, 0.05) is 11.8 Å². The van der Waals surface area contributed by atoms with Gasteiger partial charge >= 0.3 is 6.18 Å². The third kappa shape index (κ3) is 2.43. The lowest BCUT2D eigenvalue weighted by Crippen LogP contribution is -2.08. The van der Waals surface area contributed by atoms with Crippen molar-refractivity contribution in [1.29, 1.82) is 0 Å². The monoisotopic (exact) mass is 241 g/mol. The van der Waals surface area contributed by atoms with E-state index in [0.29, 0.717) is 0 Å². The predicted molar refractivity (Wildman–Crippen MR) is 54.6 cm³/mol. The first-order valence-electron chi connectivity index (χ1n) is 4.76. The Morgan fingerprint density at radius 3 is 2.41 bits per heavy atom. The molecule has 0 amide bonds. The van der Waals surface area contributed by atoms with Crippen LogP contribution in [0.2, 0.25) is 0 Å². The Labute approximate surface area is 94.7 Å². The number of hydrogen-bond acceptors (Lipinski definition) is 1. The Morgan fingerprint density at radius 2 is 1.76 bits per heavy atom. The highest BCUT2D eigenvalue weighted by Crippen LogP contribution is 2.35. The van der Waals surface area contributed by atoms with Gasteiger partial charge in [-0.2, -0.15) is 13.2 Å². The summed E-state index contributed by atoms with van der Waals surface area (Å²) in [5, 5.41) is 0. The molecule has 0 aliphatic carbocycles. The minimum Gasteiger partial charge on any atom is -0.256 e. The van der Waals surface area contributed by atoms with Crippen molar-refractivity contribution in [3.63, 3.8) is 0 Å². The van der Waals surface area contributed by atoms with E-state index in [9.17, 15) is 17.6 Å². The summed E-state index contributed by atoms with van der Waals surface area (Å²) in [5.41, 5.74) is -1.02. The van der Waals surface area contributed by atoms with Gasteiger partial charge in [0.25, 0.3) is 0 Å². The molecule has 0 saturated heterocycles. The molecular formula is C12H7F4N. The van der Waals surface area contributed by atoms with Crippen LogP contribution >= 0.6 is 0 Å². The van der Waals surface area contributed by atoms with E-state index >= 15 is 0 Å². The van der Waals surface area contributed by atoms with Crippen LogP contribution in [0.3, 0.4) is 0 Å². The van der Waals surface area contributed by atoms with Crippen molar-refractivity contribution in [2.45, 2.75) is 6.18 Å². The molecule has 0 atom stereocenters. The zero-order chi connectivity index (χ0) is 12.5. The van der Waals surface area contributed by atoms with E-state index in [1.54, 1.807) is 0 Å². The molecule has 1 nitrogen and oxygen atoms in total. The number of benzene rings is 1. The molecule has 0 aliphatic heterocycles. The van der Waals surface area contributed by atoms with Gasteiger partial charge in [-0.25, -0.2) is 4.39 Å². The van der Waals surface area contributed by atoms with Gasteiger partial charge in [-0.15, -0.1) is 0 Å². The van der Waals surface area contributed by atoms with Crippen molar-refractivity contribution in [2.24, 2.45) is 0 Å². The van der Waals surface area contributed by atoms with Crippen LogP contribution in [0.5, 0.6) is 0 Å². The molecule has 0 fully saturated rings. The molecule has 0 saturated carbocycles. The average Bonchev–Trinajstić information content (AvgIpc) is 2.28. The molecule has 1 aromatic carbocycles. The second-order valence-electron chi connectivity index (χ2n) is 3.41. The predicted octanol–water partition coefficient (Wildman–Crippen LogP) is 3.91. The number of pyridine rings is 1.